The van der Waals surface area contributed by atoms with Gasteiger partial charge in [0.15, 0.2) is 5.69 Å². The zero-order valence-electron chi connectivity index (χ0n) is 17.7. The third kappa shape index (κ3) is 4.11. The van der Waals surface area contributed by atoms with Crippen molar-refractivity contribution in [3.05, 3.63) is 80.8 Å². The van der Waals surface area contributed by atoms with E-state index in [2.05, 4.69) is 5.10 Å². The number of rotatable bonds is 3. The first kappa shape index (κ1) is 21.9. The van der Waals surface area contributed by atoms with Gasteiger partial charge in [0.05, 0.1) is 16.3 Å². The molecule has 5 rings (SSSR count). The average molecular weight is 487 g/mol. The van der Waals surface area contributed by atoms with Crippen LogP contribution in [0.4, 0.5) is 4.39 Å². The summed E-state index contributed by atoms with van der Waals surface area (Å²) in [5, 5.41) is 5.41. The van der Waals surface area contributed by atoms with Gasteiger partial charge >= 0.3 is 0 Å². The Bertz CT molecular complexity index is 1230. The molecule has 2 aliphatic rings. The molecule has 6 nitrogen and oxygen atoms in total. The Labute approximate surface area is 200 Å². The van der Waals surface area contributed by atoms with Crippen LogP contribution in [0.2, 0.25) is 10.0 Å². The smallest absolute Gasteiger partial charge is 0.274 e. The van der Waals surface area contributed by atoms with Gasteiger partial charge in [0, 0.05) is 42.5 Å². The SMILES string of the molecule is O=C(c1ccc(Cl)cc1Cl)N1CCN(C(=O)c2nn(-c3ccc(F)cc3)c3c2CCC3)CC1. The van der Waals surface area contributed by atoms with Crippen molar-refractivity contribution in [2.75, 3.05) is 26.2 Å². The van der Waals surface area contributed by atoms with Crippen LogP contribution in [0.15, 0.2) is 42.5 Å². The highest BCUT2D eigenvalue weighted by Crippen LogP contribution is 2.29. The zero-order chi connectivity index (χ0) is 23.1. The number of benzene rings is 2. The third-order valence-electron chi connectivity index (χ3n) is 6.22. The average Bonchev–Trinajstić information content (AvgIpc) is 3.42. The van der Waals surface area contributed by atoms with Gasteiger partial charge in [-0.1, -0.05) is 23.2 Å². The van der Waals surface area contributed by atoms with E-state index in [0.29, 0.717) is 47.5 Å². The molecule has 0 unspecified atom stereocenters. The summed E-state index contributed by atoms with van der Waals surface area (Å²) in [5.74, 6) is -0.623. The summed E-state index contributed by atoms with van der Waals surface area (Å²) in [7, 11) is 0. The Morgan fingerprint density at radius 2 is 1.55 bits per heavy atom. The number of hydrogen-bond acceptors (Lipinski definition) is 3. The Morgan fingerprint density at radius 3 is 2.21 bits per heavy atom. The summed E-state index contributed by atoms with van der Waals surface area (Å²) < 4.78 is 15.1. The highest BCUT2D eigenvalue weighted by molar-refractivity contribution is 6.36. The number of amides is 2. The fourth-order valence-corrected chi connectivity index (χ4v) is 4.99. The maximum absolute atomic E-state index is 13.4. The molecule has 0 saturated carbocycles. The van der Waals surface area contributed by atoms with Gasteiger partial charge in [-0.05, 0) is 61.7 Å². The molecular formula is C24H21Cl2FN4O2. The lowest BCUT2D eigenvalue weighted by atomic mass is 10.1. The van der Waals surface area contributed by atoms with Crippen LogP contribution >= 0.6 is 23.2 Å². The van der Waals surface area contributed by atoms with E-state index >= 15 is 0 Å². The molecule has 1 fully saturated rings. The highest BCUT2D eigenvalue weighted by atomic mass is 35.5. The topological polar surface area (TPSA) is 58.4 Å². The normalized spacial score (nSPS) is 15.6. The van der Waals surface area contributed by atoms with Crippen LogP contribution in [-0.4, -0.2) is 57.6 Å². The van der Waals surface area contributed by atoms with Crippen molar-refractivity contribution in [1.29, 1.82) is 0 Å². The van der Waals surface area contributed by atoms with Crippen LogP contribution in [0.1, 0.15) is 38.5 Å². The van der Waals surface area contributed by atoms with Gasteiger partial charge in [-0.25, -0.2) is 9.07 Å². The quantitative estimate of drug-likeness (QED) is 0.550. The van der Waals surface area contributed by atoms with E-state index in [-0.39, 0.29) is 17.6 Å². The van der Waals surface area contributed by atoms with Crippen molar-refractivity contribution in [2.45, 2.75) is 19.3 Å². The van der Waals surface area contributed by atoms with Crippen LogP contribution in [0.5, 0.6) is 0 Å². The first-order chi connectivity index (χ1) is 15.9. The van der Waals surface area contributed by atoms with Crippen molar-refractivity contribution in [2.24, 2.45) is 0 Å². The molecule has 9 heteroatoms. The van der Waals surface area contributed by atoms with Gasteiger partial charge in [-0.15, -0.1) is 0 Å². The number of piperazine rings is 1. The van der Waals surface area contributed by atoms with Gasteiger partial charge < -0.3 is 9.80 Å². The number of carbonyl (C=O) groups is 2. The van der Waals surface area contributed by atoms with Crippen molar-refractivity contribution < 1.29 is 14.0 Å². The first-order valence-corrected chi connectivity index (χ1v) is 11.6. The van der Waals surface area contributed by atoms with Gasteiger partial charge in [-0.3, -0.25) is 9.59 Å². The van der Waals surface area contributed by atoms with Gasteiger partial charge in [-0.2, -0.15) is 5.10 Å². The molecule has 2 amide bonds. The number of nitrogens with zero attached hydrogens (tertiary/aromatic N) is 4. The van der Waals surface area contributed by atoms with Gasteiger partial charge in [0.2, 0.25) is 0 Å². The van der Waals surface area contributed by atoms with E-state index < -0.39 is 0 Å². The molecule has 2 aromatic carbocycles. The van der Waals surface area contributed by atoms with Crippen LogP contribution in [0.25, 0.3) is 5.69 Å². The summed E-state index contributed by atoms with van der Waals surface area (Å²) in [6, 6.07) is 10.9. The molecular weight excluding hydrogens is 466 g/mol. The summed E-state index contributed by atoms with van der Waals surface area (Å²) in [6.45, 7) is 1.64. The fourth-order valence-electron chi connectivity index (χ4n) is 4.50. The molecule has 1 saturated heterocycles. The first-order valence-electron chi connectivity index (χ1n) is 10.8. The van der Waals surface area contributed by atoms with Crippen molar-refractivity contribution >= 4 is 35.0 Å². The maximum Gasteiger partial charge on any atom is 0.274 e. The Kier molecular flexibility index (Phi) is 5.85. The molecule has 1 aromatic heterocycles. The molecule has 170 valence electrons. The molecule has 3 aromatic rings. The summed E-state index contributed by atoms with van der Waals surface area (Å²) in [4.78, 5) is 29.6. The number of fused-ring (bicyclic) bond motifs is 1. The number of carbonyl (C=O) groups excluding carboxylic acids is 2. The van der Waals surface area contributed by atoms with E-state index in [0.717, 1.165) is 36.2 Å². The van der Waals surface area contributed by atoms with Crippen LogP contribution in [0.3, 0.4) is 0 Å². The standard InChI is InChI=1S/C24H21Cl2FN4O2/c25-15-4-9-18(20(26)14-15)23(32)29-10-12-30(13-11-29)24(33)22-19-2-1-3-21(19)31(28-22)17-7-5-16(27)6-8-17/h4-9,14H,1-3,10-13H2. The second kappa shape index (κ2) is 8.80. The molecule has 0 radical (unpaired) electrons. The van der Waals surface area contributed by atoms with E-state index in [4.69, 9.17) is 23.2 Å². The molecule has 1 aliphatic carbocycles. The lowest BCUT2D eigenvalue weighted by Crippen LogP contribution is -2.50. The number of aromatic nitrogens is 2. The molecule has 0 spiro atoms. The van der Waals surface area contributed by atoms with Gasteiger partial charge in [0.1, 0.15) is 5.82 Å². The molecule has 2 heterocycles. The van der Waals surface area contributed by atoms with Crippen LogP contribution < -0.4 is 0 Å². The monoisotopic (exact) mass is 486 g/mol. The Hall–Kier alpha value is -2.90. The highest BCUT2D eigenvalue weighted by Gasteiger charge is 2.32. The molecule has 33 heavy (non-hydrogen) atoms. The largest absolute Gasteiger partial charge is 0.335 e. The van der Waals surface area contributed by atoms with Crippen molar-refractivity contribution in [1.82, 2.24) is 19.6 Å². The maximum atomic E-state index is 13.4. The molecule has 0 N–H and O–H groups in total. The molecule has 0 atom stereocenters. The van der Waals surface area contributed by atoms with E-state index in [1.165, 1.54) is 12.1 Å². The summed E-state index contributed by atoms with van der Waals surface area (Å²) in [5.41, 5.74) is 3.57. The molecule has 0 bridgehead atoms. The van der Waals surface area contributed by atoms with Crippen molar-refractivity contribution in [3.63, 3.8) is 0 Å². The summed E-state index contributed by atoms with van der Waals surface area (Å²) in [6.07, 6.45) is 2.58. The Balaban J connectivity index is 1.32. The second-order valence-electron chi connectivity index (χ2n) is 8.22. The van der Waals surface area contributed by atoms with E-state index in [9.17, 15) is 14.0 Å². The van der Waals surface area contributed by atoms with Gasteiger partial charge in [0.25, 0.3) is 11.8 Å². The summed E-state index contributed by atoms with van der Waals surface area (Å²) >= 11 is 12.1. The third-order valence-corrected chi connectivity index (χ3v) is 6.77. The fraction of sp³-hybridized carbons (Fsp3) is 0.292. The lowest BCUT2D eigenvalue weighted by molar-refractivity contribution is 0.0531. The lowest BCUT2D eigenvalue weighted by Gasteiger charge is -2.34. The molecule has 1 aliphatic heterocycles. The predicted molar refractivity (Wildman–Crippen MR) is 124 cm³/mol. The number of hydrogen-bond donors (Lipinski definition) is 0. The van der Waals surface area contributed by atoms with Crippen LogP contribution in [0, 0.1) is 5.82 Å². The minimum absolute atomic E-state index is 0.134. The van der Waals surface area contributed by atoms with E-state index in [1.807, 2.05) is 0 Å². The predicted octanol–water partition coefficient (Wildman–Crippen LogP) is 4.41. The van der Waals surface area contributed by atoms with Crippen LogP contribution in [-0.2, 0) is 12.8 Å². The minimum atomic E-state index is -0.314. The van der Waals surface area contributed by atoms with Crippen molar-refractivity contribution in [3.8, 4) is 5.69 Å². The van der Waals surface area contributed by atoms with E-state index in [1.54, 1.807) is 44.8 Å². The minimum Gasteiger partial charge on any atom is -0.335 e. The Morgan fingerprint density at radius 1 is 0.879 bits per heavy atom. The zero-order valence-corrected chi connectivity index (χ0v) is 19.2. The second-order valence-corrected chi connectivity index (χ2v) is 9.07. The number of halogens is 3.